The molecule has 4 rings (SSSR count). The van der Waals surface area contributed by atoms with Crippen molar-refractivity contribution < 1.29 is 9.59 Å². The van der Waals surface area contributed by atoms with Crippen LogP contribution in [0.1, 0.15) is 20.7 Å². The highest BCUT2D eigenvalue weighted by molar-refractivity contribution is 5.98. The van der Waals surface area contributed by atoms with Crippen molar-refractivity contribution in [3.63, 3.8) is 0 Å². The van der Waals surface area contributed by atoms with Gasteiger partial charge in [-0.05, 0) is 12.1 Å². The fourth-order valence-corrected chi connectivity index (χ4v) is 2.66. The van der Waals surface area contributed by atoms with Gasteiger partial charge in [0.2, 0.25) is 0 Å². The largest absolute Gasteiger partial charge is 0.360 e. The van der Waals surface area contributed by atoms with Gasteiger partial charge in [-0.3, -0.25) is 9.59 Å². The summed E-state index contributed by atoms with van der Waals surface area (Å²) in [5.74, 6) is 0. The average Bonchev–Trinajstić information content (AvgIpc) is 3.17. The summed E-state index contributed by atoms with van der Waals surface area (Å²) in [6, 6.07) is 15.6. The summed E-state index contributed by atoms with van der Waals surface area (Å²) in [5.41, 5.74) is 3.59. The van der Waals surface area contributed by atoms with Gasteiger partial charge in [-0.1, -0.05) is 36.4 Å². The number of carbonyl (C=O) groups is 2. The minimum absolute atomic E-state index is 0.723. The summed E-state index contributed by atoms with van der Waals surface area (Å²) < 4.78 is 1.96. The van der Waals surface area contributed by atoms with Crippen molar-refractivity contribution in [2.45, 2.75) is 0 Å². The minimum Gasteiger partial charge on any atom is -0.360 e. The molecule has 4 nitrogen and oxygen atoms in total. The quantitative estimate of drug-likeness (QED) is 0.570. The molecule has 4 aromatic rings. The molecule has 0 saturated heterocycles. The molecule has 0 radical (unpaired) electrons. The molecule has 0 fully saturated rings. The molecular weight excluding hydrogens is 288 g/mol. The molecule has 4 heteroatoms. The number of aldehydes is 2. The lowest BCUT2D eigenvalue weighted by molar-refractivity contribution is 0.111. The van der Waals surface area contributed by atoms with Gasteiger partial charge >= 0.3 is 0 Å². The van der Waals surface area contributed by atoms with Crippen molar-refractivity contribution in [3.8, 4) is 0 Å². The summed E-state index contributed by atoms with van der Waals surface area (Å²) in [7, 11) is 1.94. The van der Waals surface area contributed by atoms with Crippen LogP contribution >= 0.6 is 0 Å². The first kappa shape index (κ1) is 14.8. The summed E-state index contributed by atoms with van der Waals surface area (Å²) >= 11 is 0. The Morgan fingerprint density at radius 2 is 1.52 bits per heavy atom. The molecule has 0 bridgehead atoms. The SMILES string of the molecule is Cn1cc(C=O)c2ccccc21.O=Cc1c[nH]c2ccccc12. The van der Waals surface area contributed by atoms with Gasteiger partial charge in [0, 0.05) is 52.4 Å². The Kier molecular flexibility index (Phi) is 4.06. The lowest BCUT2D eigenvalue weighted by atomic mass is 10.2. The molecule has 2 aromatic carbocycles. The molecule has 0 atom stereocenters. The van der Waals surface area contributed by atoms with Crippen LogP contribution in [0.2, 0.25) is 0 Å². The smallest absolute Gasteiger partial charge is 0.152 e. The number of rotatable bonds is 2. The predicted molar refractivity (Wildman–Crippen MR) is 92.0 cm³/mol. The maximum absolute atomic E-state index is 10.6. The fraction of sp³-hybridized carbons (Fsp3) is 0.0526. The molecule has 0 aliphatic rings. The molecule has 2 aromatic heterocycles. The van der Waals surface area contributed by atoms with Crippen LogP contribution in [0.25, 0.3) is 21.8 Å². The van der Waals surface area contributed by atoms with Crippen LogP contribution in [-0.2, 0) is 7.05 Å². The van der Waals surface area contributed by atoms with E-state index in [0.29, 0.717) is 0 Å². The number of aromatic amines is 1. The Labute approximate surface area is 133 Å². The molecule has 23 heavy (non-hydrogen) atoms. The first-order valence-electron chi connectivity index (χ1n) is 7.25. The van der Waals surface area contributed by atoms with Gasteiger partial charge in [-0.15, -0.1) is 0 Å². The summed E-state index contributed by atoms with van der Waals surface area (Å²) in [5, 5.41) is 2.01. The average molecular weight is 304 g/mol. The highest BCUT2D eigenvalue weighted by atomic mass is 16.1. The molecule has 114 valence electrons. The third-order valence-corrected chi connectivity index (χ3v) is 3.80. The van der Waals surface area contributed by atoms with Crippen molar-refractivity contribution >= 4 is 34.4 Å². The van der Waals surface area contributed by atoms with Gasteiger partial charge in [-0.25, -0.2) is 0 Å². The van der Waals surface area contributed by atoms with Crippen LogP contribution in [0.3, 0.4) is 0 Å². The number of aryl methyl sites for hydroxylation is 1. The van der Waals surface area contributed by atoms with Gasteiger partial charge < -0.3 is 9.55 Å². The Hall–Kier alpha value is -3.14. The van der Waals surface area contributed by atoms with Crippen LogP contribution in [-0.4, -0.2) is 22.1 Å². The van der Waals surface area contributed by atoms with Crippen LogP contribution in [0, 0.1) is 0 Å². The van der Waals surface area contributed by atoms with E-state index in [9.17, 15) is 9.59 Å². The minimum atomic E-state index is 0.723. The zero-order valence-corrected chi connectivity index (χ0v) is 12.7. The molecule has 0 saturated carbocycles. The molecule has 0 aliphatic carbocycles. The van der Waals surface area contributed by atoms with E-state index in [0.717, 1.165) is 45.5 Å². The highest BCUT2D eigenvalue weighted by Crippen LogP contribution is 2.18. The number of benzene rings is 2. The number of H-pyrrole nitrogens is 1. The third-order valence-electron chi connectivity index (χ3n) is 3.80. The monoisotopic (exact) mass is 304 g/mol. The standard InChI is InChI=1S/C10H9NO.C9H7NO/c1-11-6-8(7-12)9-4-2-3-5-10(9)11;11-6-7-5-10-9-4-2-1-3-8(7)9/h2-7H,1H3;1-6,10H. The number of nitrogens with one attached hydrogen (secondary N) is 1. The first-order valence-corrected chi connectivity index (χ1v) is 7.25. The number of hydrogen-bond donors (Lipinski definition) is 1. The Balaban J connectivity index is 0.000000136. The molecule has 0 amide bonds. The van der Waals surface area contributed by atoms with Gasteiger partial charge in [0.1, 0.15) is 0 Å². The van der Waals surface area contributed by atoms with Crippen molar-refractivity contribution in [2.24, 2.45) is 7.05 Å². The molecule has 1 N–H and O–H groups in total. The fourth-order valence-electron chi connectivity index (χ4n) is 2.66. The first-order chi connectivity index (χ1) is 11.2. The van der Waals surface area contributed by atoms with Gasteiger partial charge in [-0.2, -0.15) is 0 Å². The van der Waals surface area contributed by atoms with Crippen LogP contribution in [0.4, 0.5) is 0 Å². The second kappa shape index (κ2) is 6.32. The molecule has 0 aliphatic heterocycles. The summed E-state index contributed by atoms with van der Waals surface area (Å²) in [6.45, 7) is 0. The zero-order chi connectivity index (χ0) is 16.2. The topological polar surface area (TPSA) is 54.9 Å². The number of nitrogens with zero attached hydrogens (tertiary/aromatic N) is 1. The van der Waals surface area contributed by atoms with Gasteiger partial charge in [0.15, 0.2) is 12.6 Å². The molecule has 0 unspecified atom stereocenters. The lowest BCUT2D eigenvalue weighted by Gasteiger charge is -1.92. The number of fused-ring (bicyclic) bond motifs is 2. The van der Waals surface area contributed by atoms with E-state index >= 15 is 0 Å². The molecular formula is C19H16N2O2. The number of para-hydroxylation sites is 2. The zero-order valence-electron chi connectivity index (χ0n) is 12.7. The van der Waals surface area contributed by atoms with Crippen molar-refractivity contribution in [1.29, 1.82) is 0 Å². The highest BCUT2D eigenvalue weighted by Gasteiger charge is 2.02. The summed E-state index contributed by atoms with van der Waals surface area (Å²) in [4.78, 5) is 24.1. The number of hydrogen-bond acceptors (Lipinski definition) is 2. The Morgan fingerprint density at radius 3 is 2.26 bits per heavy atom. The second-order valence-electron chi connectivity index (χ2n) is 5.24. The van der Waals surface area contributed by atoms with E-state index in [1.165, 1.54) is 0 Å². The Morgan fingerprint density at radius 1 is 0.870 bits per heavy atom. The van der Waals surface area contributed by atoms with Crippen molar-refractivity contribution in [2.75, 3.05) is 0 Å². The van der Waals surface area contributed by atoms with Crippen LogP contribution in [0.15, 0.2) is 60.9 Å². The van der Waals surface area contributed by atoms with E-state index in [-0.39, 0.29) is 0 Å². The van der Waals surface area contributed by atoms with Crippen LogP contribution in [0.5, 0.6) is 0 Å². The van der Waals surface area contributed by atoms with E-state index in [1.54, 1.807) is 6.20 Å². The van der Waals surface area contributed by atoms with E-state index in [4.69, 9.17) is 0 Å². The third kappa shape index (κ3) is 2.79. The van der Waals surface area contributed by atoms with Crippen molar-refractivity contribution in [3.05, 3.63) is 72.1 Å². The lowest BCUT2D eigenvalue weighted by Crippen LogP contribution is -1.81. The second-order valence-corrected chi connectivity index (χ2v) is 5.24. The van der Waals surface area contributed by atoms with Gasteiger partial charge in [0.25, 0.3) is 0 Å². The van der Waals surface area contributed by atoms with E-state index in [2.05, 4.69) is 4.98 Å². The molecule has 2 heterocycles. The van der Waals surface area contributed by atoms with Crippen molar-refractivity contribution in [1.82, 2.24) is 9.55 Å². The summed E-state index contributed by atoms with van der Waals surface area (Å²) in [6.07, 6.45) is 5.32. The van der Waals surface area contributed by atoms with E-state index in [1.807, 2.05) is 66.3 Å². The predicted octanol–water partition coefficient (Wildman–Crippen LogP) is 3.97. The Bertz CT molecular complexity index is 979. The normalized spacial score (nSPS) is 10.3. The maximum atomic E-state index is 10.6. The number of aromatic nitrogens is 2. The number of carbonyl (C=O) groups excluding carboxylic acids is 2. The molecule has 0 spiro atoms. The van der Waals surface area contributed by atoms with Gasteiger partial charge in [0.05, 0.1) is 0 Å². The van der Waals surface area contributed by atoms with Crippen LogP contribution < -0.4 is 0 Å². The maximum Gasteiger partial charge on any atom is 0.152 e. The van der Waals surface area contributed by atoms with E-state index < -0.39 is 0 Å².